The van der Waals surface area contributed by atoms with Gasteiger partial charge in [0.05, 0.1) is 37.1 Å². The van der Waals surface area contributed by atoms with Crippen molar-refractivity contribution in [2.75, 3.05) is 19.0 Å². The first-order chi connectivity index (χ1) is 27.7. The summed E-state index contributed by atoms with van der Waals surface area (Å²) in [4.78, 5) is 65.5. The van der Waals surface area contributed by atoms with Gasteiger partial charge in [0, 0.05) is 48.1 Å². The molecule has 1 aliphatic carbocycles. The highest BCUT2D eigenvalue weighted by Gasteiger charge is 2.61. The number of amides is 3. The van der Waals surface area contributed by atoms with E-state index < -0.39 is 53.5 Å². The van der Waals surface area contributed by atoms with Crippen LogP contribution in [0.5, 0.6) is 11.5 Å². The first kappa shape index (κ1) is 41.5. The third-order valence-electron chi connectivity index (χ3n) is 11.2. The van der Waals surface area contributed by atoms with Crippen molar-refractivity contribution < 1.29 is 43.2 Å². The van der Waals surface area contributed by atoms with Crippen molar-refractivity contribution in [3.63, 3.8) is 0 Å². The molecule has 312 valence electrons. The number of methoxy groups -OCH3 is 1. The van der Waals surface area contributed by atoms with Crippen LogP contribution in [0.4, 0.5) is 9.93 Å². The Labute approximate surface area is 346 Å². The molecule has 8 atom stereocenters. The Morgan fingerprint density at radius 3 is 2.47 bits per heavy atom. The number of carboxylic acid groups (broad SMARTS) is 1. The highest BCUT2D eigenvalue weighted by atomic mass is 35.5. The second-order valence-corrected chi connectivity index (χ2v) is 17.6. The van der Waals surface area contributed by atoms with E-state index in [4.69, 9.17) is 40.5 Å². The number of fused-ring (bicyclic) bond motifs is 3. The van der Waals surface area contributed by atoms with Crippen molar-refractivity contribution in [1.29, 1.82) is 0 Å². The van der Waals surface area contributed by atoms with Gasteiger partial charge in [0.25, 0.3) is 0 Å². The predicted octanol–water partition coefficient (Wildman–Crippen LogP) is 6.19. The number of benzene rings is 1. The zero-order valence-corrected chi connectivity index (χ0v) is 34.9. The molecule has 3 aliphatic heterocycles. The lowest BCUT2D eigenvalue weighted by Crippen LogP contribution is -2.56. The molecule has 4 N–H and O–H groups in total. The molecule has 3 amide bonds. The zero-order chi connectivity index (χ0) is 41.5. The normalized spacial score (nSPS) is 26.7. The molecule has 4 unspecified atom stereocenters. The number of anilines is 1. The van der Waals surface area contributed by atoms with Crippen LogP contribution in [0.15, 0.2) is 36.2 Å². The SMILES string of the molecule is C=CC1C[C@]1(NC(=O)C1C[C@@H](Oc2cc(-c3csc(NC(C)C)n3)nc3c(Cl)c(OC)ccc23)CN1C(=O)C(CC(C)C)NC(=O)OC1C[C@H]2CC[C@@H](C1)O2)C(=O)O. The molecular formula is C41H51ClN6O9S. The predicted molar refractivity (Wildman–Crippen MR) is 218 cm³/mol. The molecule has 15 nitrogen and oxygen atoms in total. The van der Waals surface area contributed by atoms with Crippen LogP contribution in [-0.2, 0) is 23.9 Å². The van der Waals surface area contributed by atoms with Crippen molar-refractivity contribution in [1.82, 2.24) is 25.5 Å². The number of nitrogens with zero attached hydrogens (tertiary/aromatic N) is 3. The Morgan fingerprint density at radius 2 is 1.83 bits per heavy atom. The second kappa shape index (κ2) is 16.9. The quantitative estimate of drug-likeness (QED) is 0.127. The van der Waals surface area contributed by atoms with Gasteiger partial charge in [0.15, 0.2) is 5.13 Å². The lowest BCUT2D eigenvalue weighted by Gasteiger charge is -2.31. The third kappa shape index (κ3) is 8.69. The first-order valence-electron chi connectivity index (χ1n) is 19.8. The number of rotatable bonds is 15. The Bertz CT molecular complexity index is 2070. The van der Waals surface area contributed by atoms with E-state index in [1.165, 1.54) is 29.4 Å². The average Bonchev–Trinajstić information content (AvgIpc) is 3.43. The van der Waals surface area contributed by atoms with Gasteiger partial charge >= 0.3 is 12.1 Å². The zero-order valence-electron chi connectivity index (χ0n) is 33.3. The van der Waals surface area contributed by atoms with Gasteiger partial charge in [0.1, 0.15) is 52.0 Å². The number of likely N-dealkylation sites (tertiary alicyclic amines) is 1. The van der Waals surface area contributed by atoms with Gasteiger partial charge in [-0.05, 0) is 57.6 Å². The average molecular weight is 839 g/mol. The number of hydrogen-bond acceptors (Lipinski definition) is 12. The summed E-state index contributed by atoms with van der Waals surface area (Å²) < 4.78 is 23.9. The van der Waals surface area contributed by atoms with Crippen molar-refractivity contribution in [2.45, 2.75) is 121 Å². The molecule has 1 saturated carbocycles. The molecule has 4 aliphatic rings. The minimum atomic E-state index is -1.53. The molecule has 4 fully saturated rings. The Hall–Kier alpha value is -4.67. The second-order valence-electron chi connectivity index (χ2n) is 16.4. The standard InChI is InChI=1S/C41H51ClN6O9S/c1-7-22-17-41(22,38(51)52)47-36(49)31-15-26(18-48(31)37(50)29(12-20(2)3)46-40(53)57-25-13-23-8-9-24(14-25)55-23)56-33-16-28(30-19-58-39(45-30)43-21(4)5)44-35-27(33)10-11-32(54-6)34(35)42/h7,10-11,16,19-26,29,31H,1,8-9,12-15,17-18H2,2-6H3,(H,43,45)(H,46,53)(H,47,49)(H,51,52)/t22?,23-,24+,25?,26-,29?,31?,41-/m1/s1. The molecule has 17 heteroatoms. The van der Waals surface area contributed by atoms with E-state index in [2.05, 4.69) is 22.5 Å². The number of nitrogens with one attached hydrogen (secondary N) is 3. The summed E-state index contributed by atoms with van der Waals surface area (Å²) in [6.45, 7) is 11.6. The van der Waals surface area contributed by atoms with Crippen LogP contribution in [-0.4, -0.2) is 106 Å². The molecule has 5 heterocycles. The minimum absolute atomic E-state index is 0.0180. The van der Waals surface area contributed by atoms with Crippen LogP contribution >= 0.6 is 22.9 Å². The molecule has 0 spiro atoms. The molecule has 0 radical (unpaired) electrons. The summed E-state index contributed by atoms with van der Waals surface area (Å²) in [6, 6.07) is 3.23. The maximum absolute atomic E-state index is 14.6. The van der Waals surface area contributed by atoms with Gasteiger partial charge in [0.2, 0.25) is 11.8 Å². The highest BCUT2D eigenvalue weighted by Crippen LogP contribution is 2.45. The van der Waals surface area contributed by atoms with Crippen molar-refractivity contribution >= 4 is 62.8 Å². The Kier molecular flexibility index (Phi) is 12.1. The number of halogens is 1. The van der Waals surface area contributed by atoms with Crippen LogP contribution in [0.25, 0.3) is 22.3 Å². The lowest BCUT2D eigenvalue weighted by molar-refractivity contribution is -0.145. The smallest absolute Gasteiger partial charge is 0.408 e. The van der Waals surface area contributed by atoms with E-state index in [-0.39, 0.29) is 61.1 Å². The number of pyridine rings is 1. The number of aliphatic carboxylic acids is 1. The van der Waals surface area contributed by atoms with Crippen LogP contribution in [0.2, 0.25) is 5.02 Å². The van der Waals surface area contributed by atoms with E-state index in [1.807, 2.05) is 33.1 Å². The van der Waals surface area contributed by atoms with E-state index in [0.717, 1.165) is 12.8 Å². The van der Waals surface area contributed by atoms with Crippen LogP contribution < -0.4 is 25.4 Å². The lowest BCUT2D eigenvalue weighted by atomic mass is 10.0. The van der Waals surface area contributed by atoms with Crippen LogP contribution in [0.3, 0.4) is 0 Å². The Balaban J connectivity index is 1.19. The van der Waals surface area contributed by atoms with Gasteiger partial charge in [-0.2, -0.15) is 0 Å². The number of carboxylic acids is 1. The van der Waals surface area contributed by atoms with E-state index in [1.54, 1.807) is 18.2 Å². The molecule has 7 rings (SSSR count). The van der Waals surface area contributed by atoms with Crippen molar-refractivity contribution in [2.24, 2.45) is 11.8 Å². The maximum Gasteiger partial charge on any atom is 0.408 e. The van der Waals surface area contributed by atoms with Crippen molar-refractivity contribution in [3.8, 4) is 22.9 Å². The van der Waals surface area contributed by atoms with E-state index >= 15 is 0 Å². The fraction of sp³-hybridized carbons (Fsp3) is 0.561. The summed E-state index contributed by atoms with van der Waals surface area (Å²) in [6.07, 6.45) is 3.34. The molecule has 2 aromatic heterocycles. The first-order valence-corrected chi connectivity index (χ1v) is 21.1. The number of carbonyl (C=O) groups is 4. The molecule has 3 saturated heterocycles. The van der Waals surface area contributed by atoms with E-state index in [9.17, 15) is 24.3 Å². The topological polar surface area (TPSA) is 191 Å². The van der Waals surface area contributed by atoms with Gasteiger partial charge in [-0.15, -0.1) is 17.9 Å². The van der Waals surface area contributed by atoms with Gasteiger partial charge < -0.3 is 44.9 Å². The van der Waals surface area contributed by atoms with Gasteiger partial charge in [-0.1, -0.05) is 31.5 Å². The number of ether oxygens (including phenoxy) is 4. The summed E-state index contributed by atoms with van der Waals surface area (Å²) in [5.74, 6) is -2.03. The maximum atomic E-state index is 14.6. The van der Waals surface area contributed by atoms with E-state index in [0.29, 0.717) is 51.8 Å². The number of alkyl carbamates (subject to hydrolysis) is 1. The molecule has 58 heavy (non-hydrogen) atoms. The summed E-state index contributed by atoms with van der Waals surface area (Å²) in [7, 11) is 1.51. The minimum Gasteiger partial charge on any atom is -0.495 e. The van der Waals surface area contributed by atoms with Crippen molar-refractivity contribution in [3.05, 3.63) is 41.3 Å². The molecule has 2 bridgehead atoms. The number of aromatic nitrogens is 2. The van der Waals surface area contributed by atoms with Gasteiger partial charge in [-0.3, -0.25) is 9.59 Å². The monoisotopic (exact) mass is 838 g/mol. The molecule has 1 aromatic carbocycles. The summed E-state index contributed by atoms with van der Waals surface area (Å²) in [5, 5.41) is 22.4. The summed E-state index contributed by atoms with van der Waals surface area (Å²) >= 11 is 8.25. The third-order valence-corrected chi connectivity index (χ3v) is 12.4. The fourth-order valence-electron chi connectivity index (χ4n) is 8.30. The number of thiazole rings is 1. The molecular weight excluding hydrogens is 788 g/mol. The largest absolute Gasteiger partial charge is 0.495 e. The number of carbonyl (C=O) groups excluding carboxylic acids is 3. The fourth-order valence-corrected chi connectivity index (χ4v) is 9.44. The van der Waals surface area contributed by atoms with Crippen LogP contribution in [0.1, 0.15) is 72.6 Å². The summed E-state index contributed by atoms with van der Waals surface area (Å²) in [5.41, 5.74) is -0.0549. The highest BCUT2D eigenvalue weighted by molar-refractivity contribution is 7.14. The Morgan fingerprint density at radius 1 is 1.09 bits per heavy atom. The van der Waals surface area contributed by atoms with Crippen LogP contribution in [0, 0.1) is 11.8 Å². The molecule has 3 aromatic rings. The van der Waals surface area contributed by atoms with Gasteiger partial charge in [-0.25, -0.2) is 19.6 Å². The number of hydrogen-bond donors (Lipinski definition) is 4.